The summed E-state index contributed by atoms with van der Waals surface area (Å²) in [4.78, 5) is 0. The standard InChI is InChI=1S/C49H100S4/c1-5-9-13-17-21-25-29-33-37-41-45-50-49(51-46-42-38-34-30-26-22-18-14-10-6-2,52-47-43-39-35-31-27-23-19-15-11-7-3)53-48-44-40-36-32-28-24-20-16-12-8-4/h5-48H2,1-4H3. The van der Waals surface area contributed by atoms with Crippen LogP contribution in [0.5, 0.6) is 0 Å². The molecule has 0 spiro atoms. The Bertz CT molecular complexity index is 530. The smallest absolute Gasteiger partial charge is 0.123 e. The van der Waals surface area contributed by atoms with Gasteiger partial charge in [-0.05, 0) is 48.7 Å². The second kappa shape index (κ2) is 47.8. The molecule has 0 atom stereocenters. The summed E-state index contributed by atoms with van der Waals surface area (Å²) in [6, 6.07) is 0. The van der Waals surface area contributed by atoms with Crippen LogP contribution in [0.15, 0.2) is 0 Å². The lowest BCUT2D eigenvalue weighted by atomic mass is 10.1. The van der Waals surface area contributed by atoms with Crippen LogP contribution in [0.3, 0.4) is 0 Å². The third kappa shape index (κ3) is 42.8. The Balaban J connectivity index is 4.89. The van der Waals surface area contributed by atoms with Gasteiger partial charge in [-0.2, -0.15) is 0 Å². The molecular formula is C49H100S4. The number of hydrogen-bond donors (Lipinski definition) is 0. The average Bonchev–Trinajstić information content (AvgIpc) is 3.17. The van der Waals surface area contributed by atoms with Crippen LogP contribution in [0.2, 0.25) is 0 Å². The second-order valence-electron chi connectivity index (χ2n) is 16.6. The zero-order chi connectivity index (χ0) is 38.4. The van der Waals surface area contributed by atoms with Crippen LogP contribution in [-0.4, -0.2) is 25.8 Å². The fourth-order valence-electron chi connectivity index (χ4n) is 7.40. The molecule has 0 N–H and O–H groups in total. The van der Waals surface area contributed by atoms with Crippen LogP contribution < -0.4 is 0 Å². The van der Waals surface area contributed by atoms with Crippen molar-refractivity contribution in [2.24, 2.45) is 0 Å². The molecule has 0 amide bonds. The van der Waals surface area contributed by atoms with E-state index in [9.17, 15) is 0 Å². The molecule has 0 aliphatic rings. The average molecular weight is 818 g/mol. The van der Waals surface area contributed by atoms with Crippen molar-refractivity contribution in [1.82, 2.24) is 0 Å². The first-order valence-electron chi connectivity index (χ1n) is 24.8. The Morgan fingerprint density at radius 2 is 0.321 bits per heavy atom. The van der Waals surface area contributed by atoms with E-state index in [1.165, 1.54) is 280 Å². The molecule has 0 rings (SSSR count). The molecule has 0 fully saturated rings. The van der Waals surface area contributed by atoms with Crippen molar-refractivity contribution in [3.63, 3.8) is 0 Å². The van der Waals surface area contributed by atoms with E-state index >= 15 is 0 Å². The normalized spacial score (nSPS) is 12.0. The fourth-order valence-corrected chi connectivity index (χ4v) is 14.8. The van der Waals surface area contributed by atoms with Gasteiger partial charge in [-0.25, -0.2) is 0 Å². The van der Waals surface area contributed by atoms with Gasteiger partial charge in [0.25, 0.3) is 0 Å². The minimum absolute atomic E-state index is 0.330. The van der Waals surface area contributed by atoms with Gasteiger partial charge in [-0.1, -0.05) is 259 Å². The highest BCUT2D eigenvalue weighted by Gasteiger charge is 2.32. The van der Waals surface area contributed by atoms with Gasteiger partial charge in [0.1, 0.15) is 0 Å². The van der Waals surface area contributed by atoms with Crippen LogP contribution in [0.4, 0.5) is 0 Å². The van der Waals surface area contributed by atoms with Crippen LogP contribution in [0, 0.1) is 0 Å². The molecule has 0 radical (unpaired) electrons. The quantitative estimate of drug-likeness (QED) is 0.0443. The predicted octanol–water partition coefficient (Wildman–Crippen LogP) is 20.2. The summed E-state index contributed by atoms with van der Waals surface area (Å²) in [7, 11) is 0. The Labute approximate surface area is 355 Å². The van der Waals surface area contributed by atoms with E-state index in [-0.39, 0.29) is 0 Å². The molecule has 320 valence electrons. The molecule has 0 heterocycles. The highest BCUT2D eigenvalue weighted by molar-refractivity contribution is 8.47. The third-order valence-electron chi connectivity index (χ3n) is 11.1. The number of rotatable bonds is 48. The van der Waals surface area contributed by atoms with Gasteiger partial charge in [0.2, 0.25) is 0 Å². The summed E-state index contributed by atoms with van der Waals surface area (Å²) in [5, 5.41) is 0. The summed E-state index contributed by atoms with van der Waals surface area (Å²) in [6.45, 7) is 9.32. The fraction of sp³-hybridized carbons (Fsp3) is 1.00. The van der Waals surface area contributed by atoms with Crippen molar-refractivity contribution in [3.8, 4) is 0 Å². The SMILES string of the molecule is CCCCCCCCCCCCSC(SCCCCCCCCCCCC)(SCCCCCCCCCCCC)SCCCCCCCCCCCC. The molecule has 0 saturated carbocycles. The minimum Gasteiger partial charge on any atom is -0.123 e. The van der Waals surface area contributed by atoms with Crippen LogP contribution in [-0.2, 0) is 0 Å². The summed E-state index contributed by atoms with van der Waals surface area (Å²) in [5.41, 5.74) is 0. The van der Waals surface area contributed by atoms with Gasteiger partial charge >= 0.3 is 0 Å². The maximum atomic E-state index is 2.38. The molecule has 0 aliphatic heterocycles. The van der Waals surface area contributed by atoms with E-state index < -0.39 is 0 Å². The molecule has 0 aromatic rings. The molecule has 4 heteroatoms. The molecule has 0 unspecified atom stereocenters. The van der Waals surface area contributed by atoms with Crippen molar-refractivity contribution in [1.29, 1.82) is 0 Å². The lowest BCUT2D eigenvalue weighted by Crippen LogP contribution is -2.15. The van der Waals surface area contributed by atoms with E-state index in [0.29, 0.717) is 2.74 Å². The zero-order valence-corrected chi connectivity index (χ0v) is 40.5. The monoisotopic (exact) mass is 817 g/mol. The van der Waals surface area contributed by atoms with Gasteiger partial charge in [0.15, 0.2) is 2.74 Å². The van der Waals surface area contributed by atoms with Gasteiger partial charge in [-0.3, -0.25) is 0 Å². The maximum Gasteiger partial charge on any atom is 0.153 e. The summed E-state index contributed by atoms with van der Waals surface area (Å²) >= 11 is 9.52. The van der Waals surface area contributed by atoms with Crippen molar-refractivity contribution in [3.05, 3.63) is 0 Å². The Morgan fingerprint density at radius 1 is 0.189 bits per heavy atom. The second-order valence-corrected chi connectivity index (χ2v) is 23.4. The third-order valence-corrected chi connectivity index (χ3v) is 18.7. The summed E-state index contributed by atoms with van der Waals surface area (Å²) in [5.74, 6) is 5.49. The number of hydrogen-bond acceptors (Lipinski definition) is 4. The molecule has 0 saturated heterocycles. The van der Waals surface area contributed by atoms with Gasteiger partial charge < -0.3 is 0 Å². The Kier molecular flexibility index (Phi) is 49.0. The number of unbranched alkanes of at least 4 members (excludes halogenated alkanes) is 36. The first-order valence-corrected chi connectivity index (χ1v) is 28.7. The highest BCUT2D eigenvalue weighted by Crippen LogP contribution is 2.56. The van der Waals surface area contributed by atoms with E-state index in [0.717, 1.165) is 0 Å². The van der Waals surface area contributed by atoms with Crippen molar-refractivity contribution < 1.29 is 0 Å². The Morgan fingerprint density at radius 3 is 0.472 bits per heavy atom. The summed E-state index contributed by atoms with van der Waals surface area (Å²) < 4.78 is 0.330. The topological polar surface area (TPSA) is 0 Å². The minimum atomic E-state index is 0.330. The predicted molar refractivity (Wildman–Crippen MR) is 260 cm³/mol. The Hall–Kier alpha value is 1.40. The molecule has 0 aromatic heterocycles. The maximum absolute atomic E-state index is 2.38. The largest absolute Gasteiger partial charge is 0.153 e. The van der Waals surface area contributed by atoms with Crippen molar-refractivity contribution in [2.45, 2.75) is 287 Å². The van der Waals surface area contributed by atoms with Gasteiger partial charge in [0, 0.05) is 0 Å². The van der Waals surface area contributed by atoms with E-state index in [2.05, 4.69) is 74.7 Å². The van der Waals surface area contributed by atoms with Crippen LogP contribution in [0.1, 0.15) is 285 Å². The molecule has 0 bridgehead atoms. The van der Waals surface area contributed by atoms with E-state index in [1.54, 1.807) is 0 Å². The van der Waals surface area contributed by atoms with E-state index in [4.69, 9.17) is 0 Å². The first-order chi connectivity index (χ1) is 26.2. The van der Waals surface area contributed by atoms with Gasteiger partial charge in [0.05, 0.1) is 0 Å². The molecule has 53 heavy (non-hydrogen) atoms. The molecule has 0 aliphatic carbocycles. The van der Waals surface area contributed by atoms with Crippen molar-refractivity contribution in [2.75, 3.05) is 23.0 Å². The number of thioether (sulfide) groups is 4. The van der Waals surface area contributed by atoms with Crippen molar-refractivity contribution >= 4 is 47.0 Å². The lowest BCUT2D eigenvalue weighted by Gasteiger charge is -2.32. The molecule has 0 nitrogen and oxygen atoms in total. The first kappa shape index (κ1) is 54.4. The zero-order valence-electron chi connectivity index (χ0n) is 37.2. The lowest BCUT2D eigenvalue weighted by molar-refractivity contribution is 0.563. The van der Waals surface area contributed by atoms with Crippen LogP contribution >= 0.6 is 47.0 Å². The van der Waals surface area contributed by atoms with Gasteiger partial charge in [-0.15, -0.1) is 47.0 Å². The van der Waals surface area contributed by atoms with E-state index in [1.807, 2.05) is 0 Å². The molecular weight excluding hydrogens is 717 g/mol. The van der Waals surface area contributed by atoms with Crippen LogP contribution in [0.25, 0.3) is 0 Å². The summed E-state index contributed by atoms with van der Waals surface area (Å²) in [6.07, 6.45) is 57.9. The highest BCUT2D eigenvalue weighted by atomic mass is 32.3. The molecule has 0 aromatic carbocycles.